The minimum absolute atomic E-state index is 0.0514. The predicted octanol–water partition coefficient (Wildman–Crippen LogP) is 1.55. The Balaban J connectivity index is 2.25. The summed E-state index contributed by atoms with van der Waals surface area (Å²) in [6.45, 7) is 6.95. The molecule has 2 N–H and O–H groups in total. The van der Waals surface area contributed by atoms with Crippen LogP contribution in [0.15, 0.2) is 12.7 Å². The van der Waals surface area contributed by atoms with Gasteiger partial charge >= 0.3 is 0 Å². The smallest absolute Gasteiger partial charge is 0.237 e. The third-order valence-electron chi connectivity index (χ3n) is 3.24. The maximum Gasteiger partial charge on any atom is 0.237 e. The van der Waals surface area contributed by atoms with Gasteiger partial charge < -0.3 is 10.6 Å². The van der Waals surface area contributed by atoms with Crippen LogP contribution in [0.1, 0.15) is 26.2 Å². The van der Waals surface area contributed by atoms with Gasteiger partial charge in [0.05, 0.1) is 6.04 Å². The molecule has 1 saturated carbocycles. The molecule has 92 valence electrons. The summed E-state index contributed by atoms with van der Waals surface area (Å²) in [6.07, 6.45) is 7.70. The van der Waals surface area contributed by atoms with Gasteiger partial charge in [-0.15, -0.1) is 6.58 Å². The van der Waals surface area contributed by atoms with Crippen LogP contribution < -0.4 is 10.6 Å². The number of thioether (sulfide) groups is 1. The molecule has 0 heterocycles. The number of carbonyl (C=O) groups excluding carboxylic acids is 1. The van der Waals surface area contributed by atoms with E-state index in [2.05, 4.69) is 23.5 Å². The van der Waals surface area contributed by atoms with Crippen LogP contribution in [0, 0.1) is 0 Å². The summed E-state index contributed by atoms with van der Waals surface area (Å²) in [6, 6.07) is -0.121. The fourth-order valence-corrected chi connectivity index (χ4v) is 2.71. The zero-order valence-corrected chi connectivity index (χ0v) is 11.0. The van der Waals surface area contributed by atoms with Gasteiger partial charge in [0, 0.05) is 17.8 Å². The summed E-state index contributed by atoms with van der Waals surface area (Å²) in [5.41, 5.74) is 0. The number of amides is 1. The average Bonchev–Trinajstić information content (AvgIpc) is 2.24. The van der Waals surface area contributed by atoms with Crippen molar-refractivity contribution in [3.05, 3.63) is 12.7 Å². The third-order valence-corrected chi connectivity index (χ3v) is 4.66. The summed E-state index contributed by atoms with van der Waals surface area (Å²) < 4.78 is 0.382. The first-order chi connectivity index (χ1) is 7.63. The van der Waals surface area contributed by atoms with Crippen molar-refractivity contribution in [2.45, 2.75) is 37.0 Å². The van der Waals surface area contributed by atoms with Crippen molar-refractivity contribution in [3.63, 3.8) is 0 Å². The molecule has 0 saturated heterocycles. The molecule has 0 radical (unpaired) electrons. The highest BCUT2D eigenvalue weighted by Crippen LogP contribution is 2.42. The molecule has 1 atom stereocenters. The second-order valence-corrected chi connectivity index (χ2v) is 5.65. The first-order valence-corrected chi connectivity index (χ1v) is 7.03. The maximum atomic E-state index is 11.6. The van der Waals surface area contributed by atoms with E-state index in [0.717, 1.165) is 6.54 Å². The third kappa shape index (κ3) is 3.52. The Kier molecular flexibility index (Phi) is 5.35. The van der Waals surface area contributed by atoms with E-state index in [-0.39, 0.29) is 11.9 Å². The first kappa shape index (κ1) is 13.6. The standard InChI is InChI=1S/C12H22N2OS/c1-4-8-13-11(15)10(2)14-9-12(16-3)6-5-7-12/h4,10,14H,1,5-9H2,2-3H3,(H,13,15). The minimum atomic E-state index is -0.121. The predicted molar refractivity (Wildman–Crippen MR) is 70.8 cm³/mol. The van der Waals surface area contributed by atoms with Crippen molar-refractivity contribution < 1.29 is 4.79 Å². The Bertz CT molecular complexity index is 246. The number of hydrogen-bond donors (Lipinski definition) is 2. The van der Waals surface area contributed by atoms with E-state index in [1.807, 2.05) is 18.7 Å². The van der Waals surface area contributed by atoms with Crippen LogP contribution in [0.4, 0.5) is 0 Å². The Morgan fingerprint density at radius 2 is 2.31 bits per heavy atom. The molecule has 0 aromatic rings. The highest BCUT2D eigenvalue weighted by molar-refractivity contribution is 8.00. The van der Waals surface area contributed by atoms with Crippen LogP contribution in [0.2, 0.25) is 0 Å². The molecule has 1 amide bonds. The van der Waals surface area contributed by atoms with E-state index in [4.69, 9.17) is 0 Å². The molecule has 0 aromatic heterocycles. The number of nitrogens with one attached hydrogen (secondary N) is 2. The zero-order chi connectivity index (χ0) is 12.0. The molecular weight excluding hydrogens is 220 g/mol. The Hall–Kier alpha value is -0.480. The van der Waals surface area contributed by atoms with Gasteiger partial charge in [-0.25, -0.2) is 0 Å². The number of carbonyl (C=O) groups is 1. The Labute approximate surface area is 102 Å². The number of hydrogen-bond acceptors (Lipinski definition) is 3. The average molecular weight is 242 g/mol. The van der Waals surface area contributed by atoms with Gasteiger partial charge in [0.25, 0.3) is 0 Å². The molecular formula is C12H22N2OS. The van der Waals surface area contributed by atoms with E-state index in [9.17, 15) is 4.79 Å². The van der Waals surface area contributed by atoms with Crippen LogP contribution in [0.3, 0.4) is 0 Å². The van der Waals surface area contributed by atoms with Crippen LogP contribution >= 0.6 is 11.8 Å². The fraction of sp³-hybridized carbons (Fsp3) is 0.750. The van der Waals surface area contributed by atoms with Gasteiger partial charge in [-0.05, 0) is 26.0 Å². The van der Waals surface area contributed by atoms with Gasteiger partial charge in [0.1, 0.15) is 0 Å². The summed E-state index contributed by atoms with van der Waals surface area (Å²) in [5.74, 6) is 0.0514. The Morgan fingerprint density at radius 3 is 2.75 bits per heavy atom. The van der Waals surface area contributed by atoms with Gasteiger partial charge in [-0.1, -0.05) is 12.5 Å². The molecule has 4 heteroatoms. The van der Waals surface area contributed by atoms with E-state index >= 15 is 0 Å². The minimum Gasteiger partial charge on any atom is -0.351 e. The molecule has 0 aliphatic heterocycles. The lowest BCUT2D eigenvalue weighted by Gasteiger charge is -2.41. The number of rotatable bonds is 7. The summed E-state index contributed by atoms with van der Waals surface area (Å²) in [4.78, 5) is 11.6. The Morgan fingerprint density at radius 1 is 1.62 bits per heavy atom. The normalized spacial score (nSPS) is 19.6. The monoisotopic (exact) mass is 242 g/mol. The molecule has 1 unspecified atom stereocenters. The highest BCUT2D eigenvalue weighted by Gasteiger charge is 2.36. The van der Waals surface area contributed by atoms with Crippen molar-refractivity contribution in [2.24, 2.45) is 0 Å². The second kappa shape index (κ2) is 6.30. The van der Waals surface area contributed by atoms with Crippen molar-refractivity contribution >= 4 is 17.7 Å². The largest absolute Gasteiger partial charge is 0.351 e. The van der Waals surface area contributed by atoms with Crippen LogP contribution in [0.5, 0.6) is 0 Å². The van der Waals surface area contributed by atoms with E-state index in [1.54, 1.807) is 6.08 Å². The van der Waals surface area contributed by atoms with Crippen LogP contribution in [-0.2, 0) is 4.79 Å². The van der Waals surface area contributed by atoms with E-state index < -0.39 is 0 Å². The lowest BCUT2D eigenvalue weighted by molar-refractivity contribution is -0.122. The molecule has 0 aromatic carbocycles. The summed E-state index contributed by atoms with van der Waals surface area (Å²) >= 11 is 1.92. The summed E-state index contributed by atoms with van der Waals surface area (Å²) in [7, 11) is 0. The second-order valence-electron chi connectivity index (χ2n) is 4.38. The molecule has 0 bridgehead atoms. The zero-order valence-electron chi connectivity index (χ0n) is 10.2. The van der Waals surface area contributed by atoms with Crippen molar-refractivity contribution in [1.82, 2.24) is 10.6 Å². The maximum absolute atomic E-state index is 11.6. The van der Waals surface area contributed by atoms with E-state index in [1.165, 1.54) is 19.3 Å². The van der Waals surface area contributed by atoms with E-state index in [0.29, 0.717) is 11.3 Å². The molecule has 1 aliphatic carbocycles. The van der Waals surface area contributed by atoms with Crippen molar-refractivity contribution in [1.29, 1.82) is 0 Å². The van der Waals surface area contributed by atoms with Gasteiger partial charge in [-0.2, -0.15) is 11.8 Å². The van der Waals surface area contributed by atoms with Crippen molar-refractivity contribution in [3.8, 4) is 0 Å². The molecule has 1 aliphatic rings. The molecule has 1 fully saturated rings. The van der Waals surface area contributed by atoms with Crippen molar-refractivity contribution in [2.75, 3.05) is 19.3 Å². The highest BCUT2D eigenvalue weighted by atomic mass is 32.2. The first-order valence-electron chi connectivity index (χ1n) is 5.81. The summed E-state index contributed by atoms with van der Waals surface area (Å²) in [5, 5.41) is 6.11. The van der Waals surface area contributed by atoms with Crippen LogP contribution in [-0.4, -0.2) is 36.0 Å². The fourth-order valence-electron chi connectivity index (χ4n) is 1.78. The SMILES string of the molecule is C=CCNC(=O)C(C)NCC1(SC)CCC1. The van der Waals surface area contributed by atoms with Gasteiger partial charge in [-0.3, -0.25) is 4.79 Å². The molecule has 1 rings (SSSR count). The van der Waals surface area contributed by atoms with Gasteiger partial charge in [0.2, 0.25) is 5.91 Å². The van der Waals surface area contributed by atoms with Gasteiger partial charge in [0.15, 0.2) is 0 Å². The topological polar surface area (TPSA) is 41.1 Å². The lowest BCUT2D eigenvalue weighted by Crippen LogP contribution is -2.50. The van der Waals surface area contributed by atoms with Crippen LogP contribution in [0.25, 0.3) is 0 Å². The quantitative estimate of drug-likeness (QED) is 0.666. The molecule has 16 heavy (non-hydrogen) atoms. The molecule has 0 spiro atoms. The molecule has 3 nitrogen and oxygen atoms in total. The lowest BCUT2D eigenvalue weighted by atomic mass is 9.84.